The second-order valence-electron chi connectivity index (χ2n) is 2.93. The Morgan fingerprint density at radius 2 is 1.93 bits per heavy atom. The molecule has 3 nitrogen and oxygen atoms in total. The number of benzene rings is 1. The molecule has 1 heterocycles. The van der Waals surface area contributed by atoms with Crippen molar-refractivity contribution in [1.82, 2.24) is 9.97 Å². The SMILES string of the molecule is Cc1nc2cc(F)c(F)cc2[nH]c1=O. The molecular weight excluding hydrogens is 190 g/mol. The van der Waals surface area contributed by atoms with Gasteiger partial charge in [-0.1, -0.05) is 0 Å². The number of halogens is 2. The van der Waals surface area contributed by atoms with Crippen LogP contribution in [-0.4, -0.2) is 9.97 Å². The molecule has 0 bridgehead atoms. The van der Waals surface area contributed by atoms with Crippen LogP contribution in [0.5, 0.6) is 0 Å². The van der Waals surface area contributed by atoms with Crippen LogP contribution in [0.15, 0.2) is 16.9 Å². The van der Waals surface area contributed by atoms with Crippen molar-refractivity contribution >= 4 is 11.0 Å². The quantitative estimate of drug-likeness (QED) is 0.694. The molecule has 2 rings (SSSR count). The van der Waals surface area contributed by atoms with Gasteiger partial charge < -0.3 is 4.98 Å². The molecule has 5 heteroatoms. The third kappa shape index (κ3) is 1.26. The van der Waals surface area contributed by atoms with Crippen LogP contribution in [-0.2, 0) is 0 Å². The number of aryl methyl sites for hydroxylation is 1. The van der Waals surface area contributed by atoms with Gasteiger partial charge in [-0.2, -0.15) is 0 Å². The Morgan fingerprint density at radius 3 is 2.64 bits per heavy atom. The van der Waals surface area contributed by atoms with Crippen molar-refractivity contribution in [3.8, 4) is 0 Å². The molecule has 0 saturated carbocycles. The van der Waals surface area contributed by atoms with Gasteiger partial charge in [0.05, 0.1) is 11.0 Å². The van der Waals surface area contributed by atoms with Crippen LogP contribution in [0.3, 0.4) is 0 Å². The zero-order valence-corrected chi connectivity index (χ0v) is 7.27. The van der Waals surface area contributed by atoms with Gasteiger partial charge >= 0.3 is 0 Å². The minimum atomic E-state index is -1.00. The van der Waals surface area contributed by atoms with E-state index in [1.54, 1.807) is 0 Å². The Balaban J connectivity index is 2.90. The highest BCUT2D eigenvalue weighted by molar-refractivity contribution is 5.73. The number of nitrogens with zero attached hydrogens (tertiary/aromatic N) is 1. The standard InChI is InChI=1S/C9H6F2N2O/c1-4-9(14)13-8-3-6(11)5(10)2-7(8)12-4/h2-3H,1H3,(H,13,14). The Bertz CT molecular complexity index is 562. The smallest absolute Gasteiger partial charge is 0.269 e. The second-order valence-corrected chi connectivity index (χ2v) is 2.93. The highest BCUT2D eigenvalue weighted by Gasteiger charge is 2.06. The number of hydrogen-bond acceptors (Lipinski definition) is 2. The third-order valence-corrected chi connectivity index (χ3v) is 1.90. The van der Waals surface area contributed by atoms with Crippen molar-refractivity contribution in [2.75, 3.05) is 0 Å². The van der Waals surface area contributed by atoms with E-state index in [2.05, 4.69) is 9.97 Å². The molecule has 1 N–H and O–H groups in total. The van der Waals surface area contributed by atoms with Crippen LogP contribution in [0, 0.1) is 18.6 Å². The van der Waals surface area contributed by atoms with Crippen LogP contribution >= 0.6 is 0 Å². The van der Waals surface area contributed by atoms with Gasteiger partial charge in [0.25, 0.3) is 5.56 Å². The Morgan fingerprint density at radius 1 is 1.29 bits per heavy atom. The highest BCUT2D eigenvalue weighted by atomic mass is 19.2. The Labute approximate surface area is 77.4 Å². The summed E-state index contributed by atoms with van der Waals surface area (Å²) in [4.78, 5) is 17.3. The summed E-state index contributed by atoms with van der Waals surface area (Å²) in [5, 5.41) is 0. The summed E-state index contributed by atoms with van der Waals surface area (Å²) in [5.74, 6) is -1.98. The summed E-state index contributed by atoms with van der Waals surface area (Å²) in [7, 11) is 0. The van der Waals surface area contributed by atoms with Crippen molar-refractivity contribution in [3.63, 3.8) is 0 Å². The van der Waals surface area contributed by atoms with Crippen molar-refractivity contribution in [2.24, 2.45) is 0 Å². The molecule has 72 valence electrons. The van der Waals surface area contributed by atoms with Crippen LogP contribution in [0.2, 0.25) is 0 Å². The van der Waals surface area contributed by atoms with E-state index in [1.807, 2.05) is 0 Å². The average molecular weight is 196 g/mol. The molecule has 0 saturated heterocycles. The fourth-order valence-electron chi connectivity index (χ4n) is 1.17. The lowest BCUT2D eigenvalue weighted by molar-refractivity contribution is 0.510. The van der Waals surface area contributed by atoms with Crippen LogP contribution < -0.4 is 5.56 Å². The highest BCUT2D eigenvalue weighted by Crippen LogP contribution is 2.13. The van der Waals surface area contributed by atoms with Gasteiger partial charge in [-0.25, -0.2) is 13.8 Å². The van der Waals surface area contributed by atoms with Crippen molar-refractivity contribution < 1.29 is 8.78 Å². The first-order valence-corrected chi connectivity index (χ1v) is 3.93. The van der Waals surface area contributed by atoms with Gasteiger partial charge in [0.15, 0.2) is 11.6 Å². The summed E-state index contributed by atoms with van der Waals surface area (Å²) in [6.07, 6.45) is 0. The molecule has 0 radical (unpaired) electrons. The molecule has 0 aliphatic carbocycles. The molecule has 0 fully saturated rings. The van der Waals surface area contributed by atoms with E-state index in [-0.39, 0.29) is 16.7 Å². The minimum absolute atomic E-state index is 0.194. The molecular formula is C9H6F2N2O. The normalized spacial score (nSPS) is 10.8. The summed E-state index contributed by atoms with van der Waals surface area (Å²) >= 11 is 0. The van der Waals surface area contributed by atoms with E-state index in [9.17, 15) is 13.6 Å². The van der Waals surface area contributed by atoms with E-state index >= 15 is 0 Å². The van der Waals surface area contributed by atoms with Gasteiger partial charge in [0.1, 0.15) is 5.69 Å². The lowest BCUT2D eigenvalue weighted by Crippen LogP contribution is -2.11. The molecule has 0 spiro atoms. The molecule has 2 aromatic rings. The van der Waals surface area contributed by atoms with Crippen molar-refractivity contribution in [1.29, 1.82) is 0 Å². The monoisotopic (exact) mass is 196 g/mol. The van der Waals surface area contributed by atoms with Crippen LogP contribution in [0.25, 0.3) is 11.0 Å². The van der Waals surface area contributed by atoms with E-state index in [0.29, 0.717) is 0 Å². The zero-order chi connectivity index (χ0) is 10.3. The largest absolute Gasteiger partial charge is 0.319 e. The maximum Gasteiger partial charge on any atom is 0.269 e. The lowest BCUT2D eigenvalue weighted by atomic mass is 10.2. The predicted octanol–water partition coefficient (Wildman–Crippen LogP) is 1.51. The van der Waals surface area contributed by atoms with Gasteiger partial charge in [-0.3, -0.25) is 4.79 Å². The molecule has 1 aromatic carbocycles. The summed E-state index contributed by atoms with van der Waals surface area (Å²) in [5.41, 5.74) is 0.257. The number of nitrogens with one attached hydrogen (secondary N) is 1. The maximum atomic E-state index is 12.8. The molecule has 0 unspecified atom stereocenters. The first-order valence-electron chi connectivity index (χ1n) is 3.93. The van der Waals surface area contributed by atoms with Gasteiger partial charge in [-0.15, -0.1) is 0 Å². The number of H-pyrrole nitrogens is 1. The summed E-state index contributed by atoms with van der Waals surface area (Å²) in [6, 6.07) is 1.87. The van der Waals surface area contributed by atoms with E-state index < -0.39 is 17.2 Å². The molecule has 0 aliphatic heterocycles. The number of fused-ring (bicyclic) bond motifs is 1. The third-order valence-electron chi connectivity index (χ3n) is 1.90. The topological polar surface area (TPSA) is 45.8 Å². The molecule has 0 amide bonds. The zero-order valence-electron chi connectivity index (χ0n) is 7.27. The Kier molecular flexibility index (Phi) is 1.80. The molecule has 0 atom stereocenters. The predicted molar refractivity (Wildman–Crippen MR) is 47.0 cm³/mol. The number of hydrogen-bond donors (Lipinski definition) is 1. The van der Waals surface area contributed by atoms with Gasteiger partial charge in [-0.05, 0) is 6.92 Å². The van der Waals surface area contributed by atoms with E-state index in [1.165, 1.54) is 6.92 Å². The fourth-order valence-corrected chi connectivity index (χ4v) is 1.17. The number of rotatable bonds is 0. The minimum Gasteiger partial charge on any atom is -0.319 e. The van der Waals surface area contributed by atoms with Crippen LogP contribution in [0.4, 0.5) is 8.78 Å². The van der Waals surface area contributed by atoms with E-state index in [4.69, 9.17) is 0 Å². The molecule has 0 aliphatic rings. The Hall–Kier alpha value is -1.78. The average Bonchev–Trinajstić information content (AvgIpc) is 2.11. The molecule has 14 heavy (non-hydrogen) atoms. The summed E-state index contributed by atoms with van der Waals surface area (Å²) < 4.78 is 25.5. The van der Waals surface area contributed by atoms with Gasteiger partial charge in [0, 0.05) is 12.1 Å². The summed E-state index contributed by atoms with van der Waals surface area (Å²) in [6.45, 7) is 1.50. The number of aromatic amines is 1. The first-order chi connectivity index (χ1) is 6.58. The van der Waals surface area contributed by atoms with Gasteiger partial charge in [0.2, 0.25) is 0 Å². The van der Waals surface area contributed by atoms with Crippen molar-refractivity contribution in [2.45, 2.75) is 6.92 Å². The van der Waals surface area contributed by atoms with E-state index in [0.717, 1.165) is 12.1 Å². The number of aromatic nitrogens is 2. The second kappa shape index (κ2) is 2.87. The molecule has 1 aromatic heterocycles. The van der Waals surface area contributed by atoms with Crippen LogP contribution in [0.1, 0.15) is 5.69 Å². The maximum absolute atomic E-state index is 12.8. The fraction of sp³-hybridized carbons (Fsp3) is 0.111. The first kappa shape index (κ1) is 8.80. The lowest BCUT2D eigenvalue weighted by Gasteiger charge is -1.99. The van der Waals surface area contributed by atoms with Crippen molar-refractivity contribution in [3.05, 3.63) is 39.8 Å².